The summed E-state index contributed by atoms with van der Waals surface area (Å²) < 4.78 is 4.75. The van der Waals surface area contributed by atoms with E-state index in [1.807, 2.05) is 159 Å². The molecule has 0 N–H and O–H groups in total. The number of halogens is 8. The van der Waals surface area contributed by atoms with Crippen molar-refractivity contribution in [2.24, 2.45) is 0 Å². The molecule has 0 unspecified atom stereocenters. The summed E-state index contributed by atoms with van der Waals surface area (Å²) in [6, 6.07) is 48.6. The summed E-state index contributed by atoms with van der Waals surface area (Å²) in [5.41, 5.74) is 24.3. The molecule has 0 heterocycles. The van der Waals surface area contributed by atoms with E-state index < -0.39 is 0 Å². The fourth-order valence-corrected chi connectivity index (χ4v) is 20.6. The minimum absolute atomic E-state index is 0.0859. The Morgan fingerprint density at radius 1 is 0.200 bits per heavy atom. The van der Waals surface area contributed by atoms with Gasteiger partial charge in [-0.3, -0.25) is 19.2 Å². The van der Waals surface area contributed by atoms with Crippen molar-refractivity contribution in [2.75, 3.05) is 0 Å². The molecular formula is C108H86Br8O4. The predicted octanol–water partition coefficient (Wildman–Crippen LogP) is 28.7. The van der Waals surface area contributed by atoms with Crippen LogP contribution in [0.5, 0.6) is 0 Å². The second-order valence-corrected chi connectivity index (χ2v) is 41.4. The molecule has 12 heteroatoms. The highest BCUT2D eigenvalue weighted by Crippen LogP contribution is 2.40. The van der Waals surface area contributed by atoms with Crippen LogP contribution >= 0.6 is 127 Å². The molecule has 0 fully saturated rings. The highest BCUT2D eigenvalue weighted by molar-refractivity contribution is 9.12. The molecule has 0 aliphatic carbocycles. The Hall–Kier alpha value is -9.14. The lowest BCUT2D eigenvalue weighted by molar-refractivity contribution is 0.102. The van der Waals surface area contributed by atoms with Gasteiger partial charge in [-0.05, 0) is 374 Å². The Morgan fingerprint density at radius 3 is 0.433 bits per heavy atom. The van der Waals surface area contributed by atoms with Gasteiger partial charge in [-0.2, -0.15) is 0 Å². The van der Waals surface area contributed by atoms with Gasteiger partial charge in [-0.25, -0.2) is 0 Å². The van der Waals surface area contributed by atoms with E-state index in [0.717, 1.165) is 66.8 Å². The summed E-state index contributed by atoms with van der Waals surface area (Å²) in [6.07, 6.45) is 6.20. The zero-order valence-corrected chi connectivity index (χ0v) is 83.4. The van der Waals surface area contributed by atoms with E-state index in [0.29, 0.717) is 153 Å². The van der Waals surface area contributed by atoms with Gasteiger partial charge in [0.25, 0.3) is 0 Å². The van der Waals surface area contributed by atoms with Crippen molar-refractivity contribution >= 4 is 151 Å². The van der Waals surface area contributed by atoms with Gasteiger partial charge in [-0.1, -0.05) is 209 Å². The molecule has 0 aliphatic rings. The highest BCUT2D eigenvalue weighted by atomic mass is 79.9. The minimum atomic E-state index is -0.103. The molecule has 0 saturated heterocycles. The number of hydrogen-bond donors (Lipinski definition) is 0. The fraction of sp³-hybridized carbons (Fsp3) is 0.222. The molecule has 11 aromatic rings. The van der Waals surface area contributed by atoms with E-state index in [2.05, 4.69) is 336 Å². The monoisotopic (exact) mass is 2080 g/mol. The maximum atomic E-state index is 14.5. The van der Waals surface area contributed by atoms with Crippen molar-refractivity contribution in [3.63, 3.8) is 0 Å². The number of ketones is 4. The van der Waals surface area contributed by atoms with E-state index in [9.17, 15) is 19.2 Å². The first-order valence-corrected chi connectivity index (χ1v) is 45.1. The molecule has 0 saturated carbocycles. The molecule has 11 rings (SSSR count). The third-order valence-electron chi connectivity index (χ3n) is 20.7. The molecule has 0 atom stereocenters. The van der Waals surface area contributed by atoms with E-state index in [-0.39, 0.29) is 44.8 Å². The largest absolute Gasteiger partial charge is 0.289 e. The molecular weight excluding hydrogens is 2000 g/mol. The topological polar surface area (TPSA) is 68.3 Å². The summed E-state index contributed by atoms with van der Waals surface area (Å²) in [7, 11) is 0. The zero-order valence-electron chi connectivity index (χ0n) is 70.7. The second-order valence-electron chi connectivity index (χ2n) is 34.6. The average Bonchev–Trinajstić information content (AvgIpc) is 0.788. The number of carbonyl (C=O) groups excluding carboxylic acids is 4. The van der Waals surface area contributed by atoms with Gasteiger partial charge in [0.15, 0.2) is 23.1 Å². The number of terminal acetylenes is 1. The molecule has 0 bridgehead atoms. The Morgan fingerprint density at radius 2 is 0.317 bits per heavy atom. The van der Waals surface area contributed by atoms with Crippen molar-refractivity contribution in [1.29, 1.82) is 0 Å². The minimum Gasteiger partial charge on any atom is -0.289 e. The average molecular weight is 2090 g/mol. The highest BCUT2D eigenvalue weighted by Gasteiger charge is 2.29. The first kappa shape index (κ1) is 91.6. The normalized spacial score (nSPS) is 11.2. The zero-order chi connectivity index (χ0) is 87.9. The van der Waals surface area contributed by atoms with E-state index in [1.54, 1.807) is 0 Å². The first-order chi connectivity index (χ1) is 56.1. The predicted molar refractivity (Wildman–Crippen MR) is 523 cm³/mol. The summed E-state index contributed by atoms with van der Waals surface area (Å²) >= 11 is 30.0. The Labute approximate surface area is 776 Å². The number of benzene rings is 11. The number of carbonyl (C=O) groups is 4. The molecule has 11 aromatic carbocycles. The van der Waals surface area contributed by atoms with Gasteiger partial charge in [-0.15, -0.1) is 6.42 Å². The van der Waals surface area contributed by atoms with Gasteiger partial charge in [0.05, 0.1) is 22.3 Å². The second kappa shape index (κ2) is 36.9. The van der Waals surface area contributed by atoms with Crippen LogP contribution in [0.4, 0.5) is 0 Å². The van der Waals surface area contributed by atoms with Gasteiger partial charge in [0.1, 0.15) is 0 Å². The lowest BCUT2D eigenvalue weighted by Gasteiger charge is -2.22. The van der Waals surface area contributed by atoms with Gasteiger partial charge < -0.3 is 0 Å². The number of rotatable bonds is 8. The quantitative estimate of drug-likeness (QED) is 0.112. The molecule has 598 valence electrons. The van der Waals surface area contributed by atoms with Crippen LogP contribution < -0.4 is 0 Å². The molecule has 0 aromatic heterocycles. The van der Waals surface area contributed by atoms with Crippen molar-refractivity contribution < 1.29 is 19.2 Å². The van der Waals surface area contributed by atoms with Gasteiger partial charge >= 0.3 is 0 Å². The van der Waals surface area contributed by atoms with Crippen LogP contribution in [0.25, 0.3) is 0 Å². The summed E-state index contributed by atoms with van der Waals surface area (Å²) in [5, 5.41) is 0. The molecule has 4 nitrogen and oxygen atoms in total. The number of aryl methyl sites for hydroxylation is 8. The SMILES string of the molecule is C#Cc1cc(C#Cc2cc(C#Cc3cc(Br)c(C(=O)c4c(C)cc(C(C)(C)C)cc4C)c(Br)c3)cc(C#Cc3cc(Br)c(C(=O)c4c(C)cc(C(C)(C)C)cc4C)c(Br)c3)c2)cc(C#Cc2cc(C#Cc3cc(Br)c(C(=O)c4c(C)cc(C(C)(C)C)cc4C)c(Br)c3)cc(C#Cc3cc(Br)c(C(=O)c4c(C)cc(C(C)(C)C)cc4C)c(Br)c3)c2)c1. The van der Waals surface area contributed by atoms with Crippen LogP contribution in [0.3, 0.4) is 0 Å². The van der Waals surface area contributed by atoms with Crippen molar-refractivity contribution in [3.8, 4) is 83.4 Å². The van der Waals surface area contributed by atoms with Crippen molar-refractivity contribution in [1.82, 2.24) is 0 Å². The van der Waals surface area contributed by atoms with Crippen LogP contribution in [0.2, 0.25) is 0 Å². The third-order valence-corrected chi connectivity index (χ3v) is 25.7. The lowest BCUT2D eigenvalue weighted by Crippen LogP contribution is -2.15. The summed E-state index contributed by atoms with van der Waals surface area (Å²) in [6.45, 7) is 41.9. The van der Waals surface area contributed by atoms with Crippen molar-refractivity contribution in [2.45, 2.75) is 160 Å². The van der Waals surface area contributed by atoms with E-state index in [1.165, 1.54) is 0 Å². The molecule has 0 spiro atoms. The summed E-state index contributed by atoms with van der Waals surface area (Å²) in [5.74, 6) is 42.8. The van der Waals surface area contributed by atoms with E-state index >= 15 is 0 Å². The van der Waals surface area contributed by atoms with E-state index in [4.69, 9.17) is 6.42 Å². The Kier molecular flexibility index (Phi) is 28.2. The fourth-order valence-electron chi connectivity index (χ4n) is 14.4. The van der Waals surface area contributed by atoms with Crippen LogP contribution in [0.15, 0.2) is 187 Å². The number of hydrogen-bond acceptors (Lipinski definition) is 4. The van der Waals surface area contributed by atoms with Gasteiger partial charge in [0, 0.05) is 130 Å². The third kappa shape index (κ3) is 21.5. The standard InChI is InChI=1S/C108H86Br8O4/c1-22-68-43-69(23-25-71-46-73(27-31-77-52-85(109)97(86(110)53-77)101(117)93-60(2)35-81(36-61(93)3)105(10,11)12)50-74(47-71)28-32-78-54-87(111)98(88(112)55-78)102(118)94-62(4)37-82(38-63(94)5)106(13,14)15)45-70(44-68)24-26-72-48-75(29-33-79-56-89(113)99(90(114)57-79)103(119)95-64(6)39-83(40-65(95)7)107(16,17)18)51-76(49-72)30-34-80-58-91(115)100(92(116)59-80)104(120)96-66(8)41-84(42-67(96)9)108(19,20)21/h1,35-59H,2-21H3. The molecule has 0 aliphatic heterocycles. The smallest absolute Gasteiger partial charge is 0.195 e. The maximum Gasteiger partial charge on any atom is 0.195 e. The molecule has 120 heavy (non-hydrogen) atoms. The Balaban J connectivity index is 0.971. The van der Waals surface area contributed by atoms with Crippen LogP contribution in [0, 0.1) is 139 Å². The van der Waals surface area contributed by atoms with Crippen molar-refractivity contribution in [3.05, 3.63) is 371 Å². The van der Waals surface area contributed by atoms with Crippen LogP contribution in [-0.2, 0) is 21.7 Å². The maximum absolute atomic E-state index is 14.5. The van der Waals surface area contributed by atoms with Gasteiger partial charge in [0.2, 0.25) is 0 Å². The lowest BCUT2D eigenvalue weighted by atomic mass is 9.82. The Bertz CT molecular complexity index is 5780. The molecule has 0 radical (unpaired) electrons. The molecule has 0 amide bonds. The first-order valence-electron chi connectivity index (χ1n) is 38.8. The summed E-state index contributed by atoms with van der Waals surface area (Å²) in [4.78, 5) is 57.9. The van der Waals surface area contributed by atoms with Crippen LogP contribution in [-0.4, -0.2) is 23.1 Å². The van der Waals surface area contributed by atoms with Crippen LogP contribution in [0.1, 0.15) is 286 Å².